The van der Waals surface area contributed by atoms with Crippen LogP contribution in [0.25, 0.3) is 0 Å². The fraction of sp³-hybridized carbons (Fsp3) is 0. The number of hydrogen-bond acceptors (Lipinski definition) is 4. The van der Waals surface area contributed by atoms with Gasteiger partial charge in [0.2, 0.25) is 0 Å². The molecular formula is C12H10N4O3. The van der Waals surface area contributed by atoms with Crippen LogP contribution in [0.15, 0.2) is 42.9 Å². The summed E-state index contributed by atoms with van der Waals surface area (Å²) in [6, 6.07) is 5.32. The van der Waals surface area contributed by atoms with E-state index in [1.807, 2.05) is 0 Å². The molecule has 0 saturated heterocycles. The maximum Gasteiger partial charge on any atom is 0.335 e. The van der Waals surface area contributed by atoms with Crippen LogP contribution in [-0.4, -0.2) is 27.1 Å². The van der Waals surface area contributed by atoms with Crippen LogP contribution >= 0.6 is 0 Å². The van der Waals surface area contributed by atoms with Crippen LogP contribution in [0, 0.1) is 0 Å². The van der Waals surface area contributed by atoms with E-state index in [1.165, 1.54) is 42.9 Å². The molecule has 2 amide bonds. The van der Waals surface area contributed by atoms with E-state index < -0.39 is 12.0 Å². The fourth-order valence-electron chi connectivity index (χ4n) is 1.34. The summed E-state index contributed by atoms with van der Waals surface area (Å²) in [5.41, 5.74) is 0.631. The van der Waals surface area contributed by atoms with E-state index in [4.69, 9.17) is 5.11 Å². The van der Waals surface area contributed by atoms with Crippen LogP contribution < -0.4 is 10.6 Å². The summed E-state index contributed by atoms with van der Waals surface area (Å²) in [6.45, 7) is 0. The first-order chi connectivity index (χ1) is 9.15. The first kappa shape index (κ1) is 12.5. The highest BCUT2D eigenvalue weighted by Crippen LogP contribution is 2.10. The molecule has 0 aliphatic carbocycles. The van der Waals surface area contributed by atoms with Crippen LogP contribution in [0.3, 0.4) is 0 Å². The summed E-state index contributed by atoms with van der Waals surface area (Å²) in [5.74, 6) is -0.697. The summed E-state index contributed by atoms with van der Waals surface area (Å²) in [7, 11) is 0. The average molecular weight is 258 g/mol. The van der Waals surface area contributed by atoms with Crippen molar-refractivity contribution >= 4 is 23.5 Å². The molecule has 1 aromatic carbocycles. The highest BCUT2D eigenvalue weighted by atomic mass is 16.4. The van der Waals surface area contributed by atoms with Crippen molar-refractivity contribution in [3.63, 3.8) is 0 Å². The van der Waals surface area contributed by atoms with Crippen LogP contribution in [0.4, 0.5) is 16.3 Å². The van der Waals surface area contributed by atoms with E-state index in [-0.39, 0.29) is 5.56 Å². The van der Waals surface area contributed by atoms with E-state index in [0.29, 0.717) is 11.5 Å². The number of nitrogens with zero attached hydrogens (tertiary/aromatic N) is 2. The Labute approximate surface area is 108 Å². The van der Waals surface area contributed by atoms with Gasteiger partial charge in [0.25, 0.3) is 0 Å². The molecule has 0 aliphatic rings. The quantitative estimate of drug-likeness (QED) is 0.778. The monoisotopic (exact) mass is 258 g/mol. The second-order valence-corrected chi connectivity index (χ2v) is 3.55. The number of rotatable bonds is 3. The molecule has 0 fully saturated rings. The van der Waals surface area contributed by atoms with Gasteiger partial charge in [0, 0.05) is 18.1 Å². The fourth-order valence-corrected chi connectivity index (χ4v) is 1.34. The van der Waals surface area contributed by atoms with E-state index in [1.54, 1.807) is 0 Å². The molecule has 2 aromatic rings. The summed E-state index contributed by atoms with van der Waals surface area (Å²) in [6.07, 6.45) is 4.36. The van der Waals surface area contributed by atoms with E-state index in [2.05, 4.69) is 20.6 Å². The molecule has 0 saturated carbocycles. The molecule has 1 heterocycles. The Morgan fingerprint density at radius 3 is 2.37 bits per heavy atom. The third kappa shape index (κ3) is 3.50. The highest BCUT2D eigenvalue weighted by molar-refractivity contribution is 5.99. The van der Waals surface area contributed by atoms with Crippen molar-refractivity contribution in [2.45, 2.75) is 0 Å². The molecule has 7 nitrogen and oxygen atoms in total. The molecule has 3 N–H and O–H groups in total. The maximum absolute atomic E-state index is 11.6. The molecule has 0 unspecified atom stereocenters. The second kappa shape index (κ2) is 5.58. The first-order valence-corrected chi connectivity index (χ1v) is 5.32. The van der Waals surface area contributed by atoms with Crippen molar-refractivity contribution in [2.24, 2.45) is 0 Å². The van der Waals surface area contributed by atoms with Gasteiger partial charge in [-0.05, 0) is 24.3 Å². The zero-order chi connectivity index (χ0) is 13.7. The van der Waals surface area contributed by atoms with Gasteiger partial charge in [-0.3, -0.25) is 10.3 Å². The van der Waals surface area contributed by atoms with Crippen molar-refractivity contribution in [2.75, 3.05) is 10.6 Å². The third-order valence-corrected chi connectivity index (χ3v) is 2.19. The van der Waals surface area contributed by atoms with Gasteiger partial charge in [-0.1, -0.05) is 0 Å². The number of anilines is 2. The van der Waals surface area contributed by atoms with Crippen molar-refractivity contribution in [1.29, 1.82) is 0 Å². The number of hydrogen-bond donors (Lipinski definition) is 3. The summed E-state index contributed by atoms with van der Waals surface area (Å²) in [4.78, 5) is 29.9. The first-order valence-electron chi connectivity index (χ1n) is 5.32. The Morgan fingerprint density at radius 2 is 1.79 bits per heavy atom. The summed E-state index contributed by atoms with van der Waals surface area (Å²) >= 11 is 0. The predicted octanol–water partition coefficient (Wildman–Crippen LogP) is 1.82. The van der Waals surface area contributed by atoms with Crippen molar-refractivity contribution in [3.8, 4) is 0 Å². The molecule has 0 atom stereocenters. The number of aromatic nitrogens is 2. The molecule has 0 spiro atoms. The predicted molar refractivity (Wildman–Crippen MR) is 68.1 cm³/mol. The Morgan fingerprint density at radius 1 is 1.05 bits per heavy atom. The normalized spacial score (nSPS) is 9.68. The van der Waals surface area contributed by atoms with Gasteiger partial charge in [0.1, 0.15) is 0 Å². The maximum atomic E-state index is 11.6. The molecule has 19 heavy (non-hydrogen) atoms. The Kier molecular flexibility index (Phi) is 3.67. The van der Waals surface area contributed by atoms with Crippen LogP contribution in [0.5, 0.6) is 0 Å². The van der Waals surface area contributed by atoms with Crippen molar-refractivity contribution in [3.05, 3.63) is 48.4 Å². The molecule has 1 aromatic heterocycles. The zero-order valence-electron chi connectivity index (χ0n) is 9.70. The smallest absolute Gasteiger partial charge is 0.335 e. The van der Waals surface area contributed by atoms with E-state index in [9.17, 15) is 9.59 Å². The Balaban J connectivity index is 1.97. The molecule has 0 radical (unpaired) electrons. The highest BCUT2D eigenvalue weighted by Gasteiger charge is 2.05. The van der Waals surface area contributed by atoms with Crippen molar-refractivity contribution < 1.29 is 14.7 Å². The number of carbonyl (C=O) groups is 2. The number of benzene rings is 1. The van der Waals surface area contributed by atoms with Crippen LogP contribution in [0.2, 0.25) is 0 Å². The van der Waals surface area contributed by atoms with Gasteiger partial charge >= 0.3 is 12.0 Å². The van der Waals surface area contributed by atoms with Gasteiger partial charge in [-0.2, -0.15) is 0 Å². The average Bonchev–Trinajstić information content (AvgIpc) is 2.40. The lowest BCUT2D eigenvalue weighted by Gasteiger charge is -2.06. The molecule has 96 valence electrons. The van der Waals surface area contributed by atoms with Gasteiger partial charge in [0.15, 0.2) is 5.82 Å². The minimum atomic E-state index is -1.02. The molecule has 7 heteroatoms. The number of nitrogens with one attached hydrogen (secondary N) is 2. The number of carboxylic acid groups (broad SMARTS) is 1. The SMILES string of the molecule is O=C(Nc1ccc(C(=O)O)cc1)Nc1cnccn1. The van der Waals surface area contributed by atoms with Crippen LogP contribution in [-0.2, 0) is 0 Å². The standard InChI is InChI=1S/C12H10N4O3/c17-11(18)8-1-3-9(4-2-8)15-12(19)16-10-7-13-5-6-14-10/h1-7H,(H,17,18)(H2,14,15,16,19). The van der Waals surface area contributed by atoms with Crippen molar-refractivity contribution in [1.82, 2.24) is 9.97 Å². The number of carboxylic acids is 1. The van der Waals surface area contributed by atoms with E-state index >= 15 is 0 Å². The molecular weight excluding hydrogens is 248 g/mol. The van der Waals surface area contributed by atoms with Gasteiger partial charge in [0.05, 0.1) is 11.8 Å². The molecule has 0 aliphatic heterocycles. The van der Waals surface area contributed by atoms with Gasteiger partial charge in [-0.25, -0.2) is 14.6 Å². The minimum Gasteiger partial charge on any atom is -0.478 e. The van der Waals surface area contributed by atoms with Gasteiger partial charge < -0.3 is 10.4 Å². The number of carbonyl (C=O) groups excluding carboxylic acids is 1. The topological polar surface area (TPSA) is 104 Å². The number of amides is 2. The minimum absolute atomic E-state index is 0.153. The second-order valence-electron chi connectivity index (χ2n) is 3.55. The number of aromatic carboxylic acids is 1. The zero-order valence-corrected chi connectivity index (χ0v) is 9.70. The lowest BCUT2D eigenvalue weighted by molar-refractivity contribution is 0.0697. The Hall–Kier alpha value is -2.96. The third-order valence-electron chi connectivity index (χ3n) is 2.19. The Bertz CT molecular complexity index is 584. The van der Waals surface area contributed by atoms with E-state index in [0.717, 1.165) is 0 Å². The largest absolute Gasteiger partial charge is 0.478 e. The molecule has 0 bridgehead atoms. The summed E-state index contributed by atoms with van der Waals surface area (Å²) < 4.78 is 0. The molecule has 2 rings (SSSR count). The van der Waals surface area contributed by atoms with Crippen LogP contribution in [0.1, 0.15) is 10.4 Å². The lowest BCUT2D eigenvalue weighted by atomic mass is 10.2. The number of urea groups is 1. The lowest BCUT2D eigenvalue weighted by Crippen LogP contribution is -2.20. The van der Waals surface area contributed by atoms with Gasteiger partial charge in [-0.15, -0.1) is 0 Å². The summed E-state index contributed by atoms with van der Waals surface area (Å²) in [5, 5.41) is 13.8.